The van der Waals surface area contributed by atoms with Gasteiger partial charge in [-0.05, 0) is 30.0 Å². The highest BCUT2D eigenvalue weighted by molar-refractivity contribution is 5.85. The van der Waals surface area contributed by atoms with Gasteiger partial charge in [0.25, 0.3) is 0 Å². The summed E-state index contributed by atoms with van der Waals surface area (Å²) >= 11 is 0. The second-order valence-corrected chi connectivity index (χ2v) is 4.43. The lowest BCUT2D eigenvalue weighted by atomic mass is 9.95. The normalized spacial score (nSPS) is 14.2. The van der Waals surface area contributed by atoms with Gasteiger partial charge in [-0.25, -0.2) is 4.39 Å². The maximum absolute atomic E-state index is 13.1. The molecule has 0 aromatic heterocycles. The average Bonchev–Trinajstić information content (AvgIpc) is 2.20. The van der Waals surface area contributed by atoms with E-state index < -0.39 is 23.7 Å². The van der Waals surface area contributed by atoms with E-state index in [1.165, 1.54) is 12.1 Å². The first-order valence-electron chi connectivity index (χ1n) is 5.34. The molecule has 0 spiro atoms. The molecule has 1 aromatic carbocycles. The number of halogens is 2. The van der Waals surface area contributed by atoms with E-state index in [4.69, 9.17) is 10.8 Å². The van der Waals surface area contributed by atoms with E-state index in [2.05, 4.69) is 0 Å². The molecule has 0 saturated carbocycles. The standard InChI is InChI=1S/C12H18FNO2.ClH/c1-7(2)5-11(16)12(14)8-3-4-10(15)9(13)6-8;/h3-4,6-7,11-12,15-16H,5,14H2,1-2H3;1H/t11-,12+;/m1./s1. The van der Waals surface area contributed by atoms with Crippen LogP contribution in [0.15, 0.2) is 18.2 Å². The number of phenolic OH excluding ortho intramolecular Hbond substituents is 1. The van der Waals surface area contributed by atoms with Gasteiger partial charge in [0, 0.05) is 0 Å². The smallest absolute Gasteiger partial charge is 0.165 e. The summed E-state index contributed by atoms with van der Waals surface area (Å²) in [5.74, 6) is -0.804. The van der Waals surface area contributed by atoms with Crippen LogP contribution in [0.25, 0.3) is 0 Å². The van der Waals surface area contributed by atoms with Crippen molar-refractivity contribution >= 4 is 12.4 Å². The molecular weight excluding hydrogens is 245 g/mol. The van der Waals surface area contributed by atoms with E-state index in [0.29, 0.717) is 17.9 Å². The zero-order chi connectivity index (χ0) is 12.3. The molecule has 0 radical (unpaired) electrons. The fraction of sp³-hybridized carbons (Fsp3) is 0.500. The Morgan fingerprint density at radius 3 is 2.41 bits per heavy atom. The molecule has 2 atom stereocenters. The van der Waals surface area contributed by atoms with Gasteiger partial charge in [-0.3, -0.25) is 0 Å². The van der Waals surface area contributed by atoms with E-state index in [1.54, 1.807) is 0 Å². The molecule has 0 amide bonds. The van der Waals surface area contributed by atoms with Crippen molar-refractivity contribution in [2.75, 3.05) is 0 Å². The fourth-order valence-corrected chi connectivity index (χ4v) is 1.58. The molecule has 0 unspecified atom stereocenters. The number of benzene rings is 1. The predicted molar refractivity (Wildman–Crippen MR) is 67.7 cm³/mol. The number of hydrogen-bond acceptors (Lipinski definition) is 3. The highest BCUT2D eigenvalue weighted by atomic mass is 35.5. The number of nitrogens with two attached hydrogens (primary N) is 1. The molecule has 3 nitrogen and oxygen atoms in total. The van der Waals surface area contributed by atoms with Crippen molar-refractivity contribution in [1.29, 1.82) is 0 Å². The minimum absolute atomic E-state index is 0. The first-order valence-corrected chi connectivity index (χ1v) is 5.34. The Labute approximate surface area is 107 Å². The zero-order valence-corrected chi connectivity index (χ0v) is 10.7. The van der Waals surface area contributed by atoms with Gasteiger partial charge >= 0.3 is 0 Å². The Kier molecular flexibility index (Phi) is 6.45. The molecule has 0 fully saturated rings. The van der Waals surface area contributed by atoms with Gasteiger partial charge in [0.1, 0.15) is 0 Å². The molecule has 0 aliphatic rings. The summed E-state index contributed by atoms with van der Waals surface area (Å²) in [6, 6.07) is 3.29. The van der Waals surface area contributed by atoms with Crippen molar-refractivity contribution in [3.05, 3.63) is 29.6 Å². The minimum Gasteiger partial charge on any atom is -0.505 e. The summed E-state index contributed by atoms with van der Waals surface area (Å²) in [5, 5.41) is 18.8. The Bertz CT molecular complexity index is 360. The third-order valence-electron chi connectivity index (χ3n) is 2.48. The molecule has 17 heavy (non-hydrogen) atoms. The van der Waals surface area contributed by atoms with Gasteiger partial charge in [0.05, 0.1) is 12.1 Å². The molecule has 1 aromatic rings. The summed E-state index contributed by atoms with van der Waals surface area (Å²) in [6.07, 6.45) is -0.145. The molecule has 0 bridgehead atoms. The van der Waals surface area contributed by atoms with E-state index in [1.807, 2.05) is 13.8 Å². The van der Waals surface area contributed by atoms with Crippen molar-refractivity contribution in [3.8, 4) is 5.75 Å². The summed E-state index contributed by atoms with van der Waals surface area (Å²) in [6.45, 7) is 3.96. The van der Waals surface area contributed by atoms with Crippen LogP contribution in [0.5, 0.6) is 5.75 Å². The van der Waals surface area contributed by atoms with Crippen molar-refractivity contribution in [2.45, 2.75) is 32.4 Å². The van der Waals surface area contributed by atoms with Crippen LogP contribution in [0, 0.1) is 11.7 Å². The van der Waals surface area contributed by atoms with Crippen LogP contribution in [0.3, 0.4) is 0 Å². The summed E-state index contributed by atoms with van der Waals surface area (Å²) < 4.78 is 13.1. The van der Waals surface area contributed by atoms with Gasteiger partial charge < -0.3 is 15.9 Å². The molecule has 5 heteroatoms. The molecule has 4 N–H and O–H groups in total. The number of phenols is 1. The lowest BCUT2D eigenvalue weighted by molar-refractivity contribution is 0.121. The van der Waals surface area contributed by atoms with Gasteiger partial charge in [-0.15, -0.1) is 12.4 Å². The molecular formula is C12H19ClFNO2. The van der Waals surface area contributed by atoms with Crippen LogP contribution < -0.4 is 5.73 Å². The van der Waals surface area contributed by atoms with Crippen LogP contribution in [0.2, 0.25) is 0 Å². The number of aliphatic hydroxyl groups is 1. The van der Waals surface area contributed by atoms with Crippen LogP contribution in [0.4, 0.5) is 4.39 Å². The maximum Gasteiger partial charge on any atom is 0.165 e. The minimum atomic E-state index is -0.718. The molecule has 0 aliphatic carbocycles. The lowest BCUT2D eigenvalue weighted by Gasteiger charge is -2.20. The van der Waals surface area contributed by atoms with Crippen molar-refractivity contribution in [2.24, 2.45) is 11.7 Å². The van der Waals surface area contributed by atoms with Crippen LogP contribution in [0.1, 0.15) is 31.9 Å². The van der Waals surface area contributed by atoms with E-state index in [9.17, 15) is 9.50 Å². The lowest BCUT2D eigenvalue weighted by Crippen LogP contribution is -2.27. The third-order valence-corrected chi connectivity index (χ3v) is 2.48. The number of aromatic hydroxyl groups is 1. The molecule has 0 saturated heterocycles. The largest absolute Gasteiger partial charge is 0.505 e. The topological polar surface area (TPSA) is 66.5 Å². The third kappa shape index (κ3) is 4.50. The van der Waals surface area contributed by atoms with Crippen molar-refractivity contribution < 1.29 is 14.6 Å². The first kappa shape index (κ1) is 16.2. The van der Waals surface area contributed by atoms with Crippen LogP contribution in [-0.2, 0) is 0 Å². The predicted octanol–water partition coefficient (Wildman–Crippen LogP) is 2.36. The molecule has 0 aliphatic heterocycles. The highest BCUT2D eigenvalue weighted by Gasteiger charge is 2.19. The van der Waals surface area contributed by atoms with Gasteiger partial charge in [-0.2, -0.15) is 0 Å². The van der Waals surface area contributed by atoms with E-state index >= 15 is 0 Å². The first-order chi connectivity index (χ1) is 7.41. The number of rotatable bonds is 4. The highest BCUT2D eigenvalue weighted by Crippen LogP contribution is 2.23. The van der Waals surface area contributed by atoms with Crippen molar-refractivity contribution in [3.63, 3.8) is 0 Å². The van der Waals surface area contributed by atoms with Gasteiger partial charge in [0.15, 0.2) is 11.6 Å². The molecule has 98 valence electrons. The zero-order valence-electron chi connectivity index (χ0n) is 9.93. The Balaban J connectivity index is 0.00000256. The Hall–Kier alpha value is -0.840. The van der Waals surface area contributed by atoms with Crippen LogP contribution >= 0.6 is 12.4 Å². The second-order valence-electron chi connectivity index (χ2n) is 4.43. The molecule has 1 rings (SSSR count). The SMILES string of the molecule is CC(C)C[C@@H](O)[C@@H](N)c1ccc(O)c(F)c1.Cl. The number of hydrogen-bond donors (Lipinski definition) is 3. The van der Waals surface area contributed by atoms with E-state index in [-0.39, 0.29) is 12.4 Å². The number of aliphatic hydroxyl groups excluding tert-OH is 1. The van der Waals surface area contributed by atoms with Crippen molar-refractivity contribution in [1.82, 2.24) is 0 Å². The second kappa shape index (κ2) is 6.79. The quantitative estimate of drug-likeness (QED) is 0.781. The molecule has 0 heterocycles. The van der Waals surface area contributed by atoms with E-state index in [0.717, 1.165) is 6.07 Å². The average molecular weight is 264 g/mol. The Morgan fingerprint density at radius 1 is 1.35 bits per heavy atom. The Morgan fingerprint density at radius 2 is 1.94 bits per heavy atom. The monoisotopic (exact) mass is 263 g/mol. The summed E-state index contributed by atoms with van der Waals surface area (Å²) in [7, 11) is 0. The maximum atomic E-state index is 13.1. The van der Waals surface area contributed by atoms with Gasteiger partial charge in [-0.1, -0.05) is 19.9 Å². The summed E-state index contributed by atoms with van der Waals surface area (Å²) in [4.78, 5) is 0. The van der Waals surface area contributed by atoms with Gasteiger partial charge in [0.2, 0.25) is 0 Å². The fourth-order valence-electron chi connectivity index (χ4n) is 1.58. The van der Waals surface area contributed by atoms with Crippen LogP contribution in [-0.4, -0.2) is 16.3 Å². The summed E-state index contributed by atoms with van der Waals surface area (Å²) in [5.41, 5.74) is 6.30.